The van der Waals surface area contributed by atoms with Gasteiger partial charge in [0.2, 0.25) is 0 Å². The van der Waals surface area contributed by atoms with E-state index in [1.54, 1.807) is 24.3 Å². The summed E-state index contributed by atoms with van der Waals surface area (Å²) in [6.07, 6.45) is -0.604. The van der Waals surface area contributed by atoms with E-state index in [9.17, 15) is 9.90 Å². The van der Waals surface area contributed by atoms with Crippen molar-refractivity contribution in [1.82, 2.24) is 5.32 Å². The van der Waals surface area contributed by atoms with Gasteiger partial charge >= 0.3 is 5.97 Å². The summed E-state index contributed by atoms with van der Waals surface area (Å²) in [4.78, 5) is 19.9. The number of para-hydroxylation sites is 1. The highest BCUT2D eigenvalue weighted by atomic mass is 17.2. The molecule has 2 aromatic rings. The molecule has 0 bridgehead atoms. The molecule has 0 saturated heterocycles. The molecule has 0 aliphatic carbocycles. The molecule has 0 aliphatic heterocycles. The lowest BCUT2D eigenvalue weighted by molar-refractivity contribution is -0.210. The van der Waals surface area contributed by atoms with Crippen molar-refractivity contribution in [3.63, 3.8) is 0 Å². The molecule has 1 unspecified atom stereocenters. The van der Waals surface area contributed by atoms with Crippen molar-refractivity contribution in [2.24, 2.45) is 0 Å². The summed E-state index contributed by atoms with van der Waals surface area (Å²) in [7, 11) is 0. The number of rotatable bonds is 11. The first-order chi connectivity index (χ1) is 12.6. The monoisotopic (exact) mass is 361 g/mol. The van der Waals surface area contributed by atoms with Crippen molar-refractivity contribution in [3.05, 3.63) is 54.6 Å². The number of ether oxygens (including phenoxy) is 2. The van der Waals surface area contributed by atoms with Crippen LogP contribution in [0.2, 0.25) is 0 Å². The van der Waals surface area contributed by atoms with E-state index < -0.39 is 12.1 Å². The second kappa shape index (κ2) is 11.0. The van der Waals surface area contributed by atoms with Gasteiger partial charge in [0.1, 0.15) is 30.8 Å². The van der Waals surface area contributed by atoms with Gasteiger partial charge in [0, 0.05) is 20.0 Å². The zero-order valence-electron chi connectivity index (χ0n) is 14.6. The number of hydrogen-bond acceptors (Lipinski definition) is 7. The molecule has 2 N–H and O–H groups in total. The highest BCUT2D eigenvalue weighted by Crippen LogP contribution is 2.17. The largest absolute Gasteiger partial charge is 0.492 e. The molecule has 0 saturated carbocycles. The lowest BCUT2D eigenvalue weighted by Crippen LogP contribution is -2.33. The quantitative estimate of drug-likeness (QED) is 0.359. The van der Waals surface area contributed by atoms with Crippen molar-refractivity contribution < 1.29 is 29.1 Å². The van der Waals surface area contributed by atoms with Crippen LogP contribution in [0.4, 0.5) is 0 Å². The van der Waals surface area contributed by atoms with Gasteiger partial charge in [0.05, 0.1) is 0 Å². The van der Waals surface area contributed by atoms with E-state index >= 15 is 0 Å². The summed E-state index contributed by atoms with van der Waals surface area (Å²) >= 11 is 0. The first-order valence-electron chi connectivity index (χ1n) is 8.28. The molecule has 7 nitrogen and oxygen atoms in total. The van der Waals surface area contributed by atoms with E-state index in [0.717, 1.165) is 5.75 Å². The van der Waals surface area contributed by atoms with Gasteiger partial charge in [-0.25, -0.2) is 4.79 Å². The average molecular weight is 361 g/mol. The van der Waals surface area contributed by atoms with Crippen molar-refractivity contribution in [2.75, 3.05) is 26.3 Å². The molecule has 26 heavy (non-hydrogen) atoms. The smallest absolute Gasteiger partial charge is 0.352 e. The molecule has 0 aliphatic rings. The minimum atomic E-state index is -0.604. The van der Waals surface area contributed by atoms with E-state index in [1.807, 2.05) is 30.3 Å². The topological polar surface area (TPSA) is 86.3 Å². The van der Waals surface area contributed by atoms with Crippen molar-refractivity contribution in [2.45, 2.75) is 13.0 Å². The maximum atomic E-state index is 10.6. The number of aliphatic hydroxyl groups is 1. The van der Waals surface area contributed by atoms with E-state index in [4.69, 9.17) is 14.4 Å². The molecular weight excluding hydrogens is 338 g/mol. The van der Waals surface area contributed by atoms with E-state index in [-0.39, 0.29) is 6.61 Å². The third kappa shape index (κ3) is 7.87. The summed E-state index contributed by atoms with van der Waals surface area (Å²) in [6.45, 7) is 2.91. The van der Waals surface area contributed by atoms with Crippen LogP contribution in [0.3, 0.4) is 0 Å². The van der Waals surface area contributed by atoms with Crippen LogP contribution in [0.15, 0.2) is 54.6 Å². The average Bonchev–Trinajstić information content (AvgIpc) is 2.66. The number of nitrogens with one attached hydrogen (secondary N) is 1. The molecule has 2 rings (SSSR count). The van der Waals surface area contributed by atoms with Gasteiger partial charge in [-0.1, -0.05) is 18.2 Å². The zero-order chi connectivity index (χ0) is 18.6. The van der Waals surface area contributed by atoms with Crippen LogP contribution in [0.1, 0.15) is 6.92 Å². The molecule has 140 valence electrons. The van der Waals surface area contributed by atoms with Gasteiger partial charge in [0.25, 0.3) is 0 Å². The standard InChI is InChI=1S/C19H23NO6/c1-15(21)25-26-19-9-7-18(8-10-19)23-12-11-20-13-16(22)14-24-17-5-3-2-4-6-17/h2-10,16,20,22H,11-14H2,1H3. The fourth-order valence-electron chi connectivity index (χ4n) is 1.98. The van der Waals surface area contributed by atoms with Crippen molar-refractivity contribution in [1.29, 1.82) is 0 Å². The minimum absolute atomic E-state index is 0.224. The Morgan fingerprint density at radius 2 is 1.65 bits per heavy atom. The van der Waals surface area contributed by atoms with Crippen LogP contribution in [-0.2, 0) is 9.68 Å². The molecule has 1 atom stereocenters. The molecular formula is C19H23NO6. The highest BCUT2D eigenvalue weighted by Gasteiger charge is 2.05. The highest BCUT2D eigenvalue weighted by molar-refractivity contribution is 5.65. The van der Waals surface area contributed by atoms with Gasteiger partial charge in [-0.05, 0) is 36.4 Å². The molecule has 2 aromatic carbocycles. The van der Waals surface area contributed by atoms with Crippen molar-refractivity contribution >= 4 is 5.97 Å². The fourth-order valence-corrected chi connectivity index (χ4v) is 1.98. The first kappa shape index (κ1) is 19.6. The van der Waals surface area contributed by atoms with Crippen molar-refractivity contribution in [3.8, 4) is 17.2 Å². The van der Waals surface area contributed by atoms with Crippen LogP contribution in [0.5, 0.6) is 17.2 Å². The Hall–Kier alpha value is -2.77. The molecule has 0 radical (unpaired) electrons. The normalized spacial score (nSPS) is 11.5. The molecule has 0 fully saturated rings. The zero-order valence-corrected chi connectivity index (χ0v) is 14.6. The SMILES string of the molecule is CC(=O)OOc1ccc(OCCNCC(O)COc2ccccc2)cc1. The lowest BCUT2D eigenvalue weighted by atomic mass is 10.3. The maximum Gasteiger partial charge on any atom is 0.352 e. The fraction of sp³-hybridized carbons (Fsp3) is 0.316. The van der Waals surface area contributed by atoms with Crippen LogP contribution in [-0.4, -0.2) is 43.5 Å². The summed E-state index contributed by atoms with van der Waals surface area (Å²) < 4.78 is 11.0. The Morgan fingerprint density at radius 1 is 1.00 bits per heavy atom. The van der Waals surface area contributed by atoms with Gasteiger partial charge in [-0.15, -0.1) is 0 Å². The second-order valence-electron chi connectivity index (χ2n) is 5.46. The first-order valence-corrected chi connectivity index (χ1v) is 8.28. The van der Waals surface area contributed by atoms with Crippen LogP contribution in [0, 0.1) is 0 Å². The number of carbonyl (C=O) groups is 1. The molecule has 0 aromatic heterocycles. The predicted octanol–water partition coefficient (Wildman–Crippen LogP) is 1.95. The Balaban J connectivity index is 1.55. The van der Waals surface area contributed by atoms with Crippen LogP contribution >= 0.6 is 0 Å². The van der Waals surface area contributed by atoms with Gasteiger partial charge in [-0.3, -0.25) is 9.78 Å². The Labute approximate surface area is 152 Å². The third-order valence-corrected chi connectivity index (χ3v) is 3.19. The van der Waals surface area contributed by atoms with Gasteiger partial charge < -0.3 is 19.9 Å². The van der Waals surface area contributed by atoms with Crippen LogP contribution in [0.25, 0.3) is 0 Å². The van der Waals surface area contributed by atoms with E-state index in [1.165, 1.54) is 6.92 Å². The Bertz CT molecular complexity index is 647. The summed E-state index contributed by atoms with van der Waals surface area (Å²) in [6, 6.07) is 16.0. The van der Waals surface area contributed by atoms with E-state index in [2.05, 4.69) is 10.2 Å². The summed E-state index contributed by atoms with van der Waals surface area (Å²) in [5.74, 6) is 1.28. The minimum Gasteiger partial charge on any atom is -0.492 e. The Morgan fingerprint density at radius 3 is 2.35 bits per heavy atom. The van der Waals surface area contributed by atoms with Gasteiger partial charge in [-0.2, -0.15) is 0 Å². The predicted molar refractivity (Wildman–Crippen MR) is 95.1 cm³/mol. The Kier molecular flexibility index (Phi) is 8.25. The van der Waals surface area contributed by atoms with Crippen LogP contribution < -0.4 is 19.7 Å². The summed E-state index contributed by atoms with van der Waals surface area (Å²) in [5, 5.41) is 13.0. The third-order valence-electron chi connectivity index (χ3n) is 3.19. The molecule has 0 amide bonds. The van der Waals surface area contributed by atoms with E-state index in [0.29, 0.717) is 31.2 Å². The lowest BCUT2D eigenvalue weighted by Gasteiger charge is -2.13. The maximum absolute atomic E-state index is 10.6. The van der Waals surface area contributed by atoms with Gasteiger partial charge in [0.15, 0.2) is 5.75 Å². The molecule has 0 spiro atoms. The number of benzene rings is 2. The molecule has 7 heteroatoms. The number of carbonyl (C=O) groups excluding carboxylic acids is 1. The number of aliphatic hydroxyl groups excluding tert-OH is 1. The molecule has 0 heterocycles. The number of hydrogen-bond donors (Lipinski definition) is 2. The summed E-state index contributed by atoms with van der Waals surface area (Å²) in [5.41, 5.74) is 0. The second-order valence-corrected chi connectivity index (χ2v) is 5.46.